The lowest BCUT2D eigenvalue weighted by atomic mass is 10.2. The number of para-hydroxylation sites is 1. The number of carbonyl (C=O) groups excluding carboxylic acids is 1. The van der Waals surface area contributed by atoms with Crippen molar-refractivity contribution in [1.82, 2.24) is 0 Å². The summed E-state index contributed by atoms with van der Waals surface area (Å²) in [7, 11) is 0. The molecule has 0 aromatic heterocycles. The summed E-state index contributed by atoms with van der Waals surface area (Å²) in [6, 6.07) is 10.9. The maximum Gasteiger partial charge on any atom is 0.416 e. The van der Waals surface area contributed by atoms with E-state index in [0.29, 0.717) is 17.2 Å². The molecule has 1 atom stereocenters. The number of alkyl halides is 3. The van der Waals surface area contributed by atoms with Crippen LogP contribution in [0.4, 0.5) is 18.9 Å². The van der Waals surface area contributed by atoms with E-state index in [1.807, 2.05) is 0 Å². The summed E-state index contributed by atoms with van der Waals surface area (Å²) in [5, 5.41) is 2.91. The Morgan fingerprint density at radius 3 is 2.33 bits per heavy atom. The average Bonchev–Trinajstić information content (AvgIpc) is 2.53. The van der Waals surface area contributed by atoms with Crippen molar-refractivity contribution in [1.29, 1.82) is 0 Å². The molecule has 0 aliphatic heterocycles. The Morgan fingerprint density at radius 2 is 1.79 bits per heavy atom. The Bertz CT molecular complexity index is 702. The molecule has 2 aromatic carbocycles. The molecular formula is C17H15ClF3NO2. The first-order valence-electron chi connectivity index (χ1n) is 7.20. The molecule has 2 aromatic rings. The Balaban J connectivity index is 2.05. The summed E-state index contributed by atoms with van der Waals surface area (Å²) < 4.78 is 43.2. The van der Waals surface area contributed by atoms with Gasteiger partial charge in [0, 0.05) is 5.69 Å². The van der Waals surface area contributed by atoms with Gasteiger partial charge in [-0.05, 0) is 42.8 Å². The average molecular weight is 358 g/mol. The predicted octanol–water partition coefficient (Wildman–Crippen LogP) is 5.15. The number of carbonyl (C=O) groups is 1. The van der Waals surface area contributed by atoms with Crippen LogP contribution in [0.1, 0.15) is 18.9 Å². The van der Waals surface area contributed by atoms with Crippen LogP contribution in [-0.2, 0) is 11.0 Å². The summed E-state index contributed by atoms with van der Waals surface area (Å²) in [6.45, 7) is 1.76. The number of rotatable bonds is 5. The van der Waals surface area contributed by atoms with Crippen LogP contribution in [0.5, 0.6) is 5.75 Å². The molecule has 1 unspecified atom stereocenters. The molecule has 0 saturated heterocycles. The number of halogens is 4. The third-order valence-electron chi connectivity index (χ3n) is 3.25. The second-order valence-corrected chi connectivity index (χ2v) is 5.42. The van der Waals surface area contributed by atoms with Gasteiger partial charge in [-0.25, -0.2) is 0 Å². The zero-order valence-electron chi connectivity index (χ0n) is 12.7. The molecule has 128 valence electrons. The van der Waals surface area contributed by atoms with Crippen molar-refractivity contribution in [3.05, 3.63) is 59.1 Å². The van der Waals surface area contributed by atoms with Crippen molar-refractivity contribution in [3.63, 3.8) is 0 Å². The first-order chi connectivity index (χ1) is 11.3. The number of benzene rings is 2. The van der Waals surface area contributed by atoms with Gasteiger partial charge in [0.05, 0.1) is 10.6 Å². The fourth-order valence-corrected chi connectivity index (χ4v) is 2.16. The minimum Gasteiger partial charge on any atom is -0.479 e. The summed E-state index contributed by atoms with van der Waals surface area (Å²) in [4.78, 5) is 12.2. The minimum absolute atomic E-state index is 0.259. The number of hydrogen-bond donors (Lipinski definition) is 1. The number of nitrogens with one attached hydrogen (secondary N) is 1. The smallest absolute Gasteiger partial charge is 0.416 e. The molecule has 24 heavy (non-hydrogen) atoms. The lowest BCUT2D eigenvalue weighted by Crippen LogP contribution is -2.32. The molecule has 1 N–H and O–H groups in total. The number of hydrogen-bond acceptors (Lipinski definition) is 2. The van der Waals surface area contributed by atoms with Crippen molar-refractivity contribution in [2.45, 2.75) is 25.6 Å². The topological polar surface area (TPSA) is 38.3 Å². The molecule has 2 rings (SSSR count). The first-order valence-corrected chi connectivity index (χ1v) is 7.58. The lowest BCUT2D eigenvalue weighted by Gasteiger charge is -2.18. The van der Waals surface area contributed by atoms with E-state index < -0.39 is 23.8 Å². The number of anilines is 1. The molecule has 0 aliphatic rings. The van der Waals surface area contributed by atoms with Crippen molar-refractivity contribution < 1.29 is 22.7 Å². The van der Waals surface area contributed by atoms with Gasteiger partial charge in [0.2, 0.25) is 0 Å². The summed E-state index contributed by atoms with van der Waals surface area (Å²) in [5.41, 5.74) is -0.519. The monoisotopic (exact) mass is 357 g/mol. The van der Waals surface area contributed by atoms with E-state index in [4.69, 9.17) is 16.3 Å². The highest BCUT2D eigenvalue weighted by Crippen LogP contribution is 2.30. The van der Waals surface area contributed by atoms with Crippen LogP contribution in [0.2, 0.25) is 5.02 Å². The van der Waals surface area contributed by atoms with E-state index in [9.17, 15) is 18.0 Å². The van der Waals surface area contributed by atoms with E-state index in [2.05, 4.69) is 5.32 Å². The Morgan fingerprint density at radius 1 is 1.17 bits per heavy atom. The maximum absolute atomic E-state index is 12.5. The van der Waals surface area contributed by atoms with E-state index in [1.165, 1.54) is 12.1 Å². The fraction of sp³-hybridized carbons (Fsp3) is 0.235. The highest BCUT2D eigenvalue weighted by atomic mass is 35.5. The van der Waals surface area contributed by atoms with Gasteiger partial charge in [-0.15, -0.1) is 0 Å². The summed E-state index contributed by atoms with van der Waals surface area (Å²) in [6.07, 6.45) is -4.86. The standard InChI is InChI=1S/C17H15ClF3NO2/c1-2-14(24-15-6-4-3-5-13(15)18)16(23)22-12-9-7-11(8-10-12)17(19,20)21/h3-10,14H,2H2,1H3,(H,22,23). The minimum atomic E-state index is -4.42. The molecule has 0 saturated carbocycles. The van der Waals surface area contributed by atoms with Gasteiger partial charge >= 0.3 is 6.18 Å². The van der Waals surface area contributed by atoms with Gasteiger partial charge in [-0.2, -0.15) is 13.2 Å². The summed E-state index contributed by atoms with van der Waals surface area (Å²) in [5.74, 6) is -0.0919. The molecular weight excluding hydrogens is 343 g/mol. The normalized spacial score (nSPS) is 12.5. The van der Waals surface area contributed by atoms with Crippen LogP contribution in [-0.4, -0.2) is 12.0 Å². The Kier molecular flexibility index (Phi) is 5.72. The van der Waals surface area contributed by atoms with Gasteiger partial charge in [0.1, 0.15) is 5.75 Å². The second-order valence-electron chi connectivity index (χ2n) is 5.01. The van der Waals surface area contributed by atoms with E-state index >= 15 is 0 Å². The molecule has 3 nitrogen and oxygen atoms in total. The van der Waals surface area contributed by atoms with E-state index in [1.54, 1.807) is 31.2 Å². The number of amides is 1. The molecule has 0 fully saturated rings. The zero-order chi connectivity index (χ0) is 17.7. The fourth-order valence-electron chi connectivity index (χ4n) is 1.98. The van der Waals surface area contributed by atoms with Crippen LogP contribution in [0.3, 0.4) is 0 Å². The van der Waals surface area contributed by atoms with Crippen LogP contribution >= 0.6 is 11.6 Å². The molecule has 0 aliphatic carbocycles. The summed E-state index contributed by atoms with van der Waals surface area (Å²) >= 11 is 5.99. The van der Waals surface area contributed by atoms with Gasteiger partial charge in [-0.3, -0.25) is 4.79 Å². The van der Waals surface area contributed by atoms with Gasteiger partial charge in [0.15, 0.2) is 6.10 Å². The quantitative estimate of drug-likeness (QED) is 0.803. The van der Waals surface area contributed by atoms with Crippen molar-refractivity contribution in [2.75, 3.05) is 5.32 Å². The molecule has 0 radical (unpaired) electrons. The maximum atomic E-state index is 12.5. The van der Waals surface area contributed by atoms with Crippen LogP contribution < -0.4 is 10.1 Å². The molecule has 0 bridgehead atoms. The van der Waals surface area contributed by atoms with Crippen LogP contribution in [0.15, 0.2) is 48.5 Å². The van der Waals surface area contributed by atoms with Gasteiger partial charge < -0.3 is 10.1 Å². The van der Waals surface area contributed by atoms with Crippen LogP contribution in [0, 0.1) is 0 Å². The van der Waals surface area contributed by atoms with Crippen molar-refractivity contribution in [3.8, 4) is 5.75 Å². The van der Waals surface area contributed by atoms with E-state index in [-0.39, 0.29) is 5.69 Å². The Hall–Kier alpha value is -2.21. The van der Waals surface area contributed by atoms with Crippen molar-refractivity contribution in [2.24, 2.45) is 0 Å². The second kappa shape index (κ2) is 7.57. The zero-order valence-corrected chi connectivity index (χ0v) is 13.5. The third kappa shape index (κ3) is 4.64. The third-order valence-corrected chi connectivity index (χ3v) is 3.56. The molecule has 0 heterocycles. The van der Waals surface area contributed by atoms with Crippen molar-refractivity contribution >= 4 is 23.2 Å². The first kappa shape index (κ1) is 18.1. The lowest BCUT2D eigenvalue weighted by molar-refractivity contribution is -0.137. The molecule has 0 spiro atoms. The number of ether oxygens (including phenoxy) is 1. The van der Waals surface area contributed by atoms with E-state index in [0.717, 1.165) is 12.1 Å². The highest BCUT2D eigenvalue weighted by Gasteiger charge is 2.30. The van der Waals surface area contributed by atoms with Gasteiger partial charge in [-0.1, -0.05) is 30.7 Å². The highest BCUT2D eigenvalue weighted by molar-refractivity contribution is 6.32. The molecule has 1 amide bonds. The van der Waals surface area contributed by atoms with Gasteiger partial charge in [0.25, 0.3) is 5.91 Å². The predicted molar refractivity (Wildman–Crippen MR) is 86.2 cm³/mol. The largest absolute Gasteiger partial charge is 0.479 e. The SMILES string of the molecule is CCC(Oc1ccccc1Cl)C(=O)Nc1ccc(C(F)(F)F)cc1. The molecule has 7 heteroatoms. The Labute approximate surface area is 142 Å². The van der Waals surface area contributed by atoms with Crippen LogP contribution in [0.25, 0.3) is 0 Å².